The Kier molecular flexibility index (Phi) is 5.31. The Balaban J connectivity index is 2.01. The van der Waals surface area contributed by atoms with Gasteiger partial charge in [0.1, 0.15) is 5.82 Å². The molecule has 0 aliphatic carbocycles. The SMILES string of the molecule is COCC1(CNC(=O)c2cc(C)cc(F)c2)CCNCC1. The van der Waals surface area contributed by atoms with Crippen molar-refractivity contribution in [3.05, 3.63) is 35.1 Å². The average Bonchev–Trinajstić information content (AvgIpc) is 2.45. The molecule has 0 unspecified atom stereocenters. The van der Waals surface area contributed by atoms with Crippen molar-refractivity contribution in [2.45, 2.75) is 19.8 Å². The zero-order valence-corrected chi connectivity index (χ0v) is 12.7. The van der Waals surface area contributed by atoms with Gasteiger partial charge in [0.25, 0.3) is 5.91 Å². The predicted octanol–water partition coefficient (Wildman–Crippen LogP) is 1.88. The molecule has 1 aromatic carbocycles. The van der Waals surface area contributed by atoms with Gasteiger partial charge >= 0.3 is 0 Å². The Bertz CT molecular complexity index is 473. The summed E-state index contributed by atoms with van der Waals surface area (Å²) in [6.07, 6.45) is 1.92. The highest BCUT2D eigenvalue weighted by Crippen LogP contribution is 2.28. The van der Waals surface area contributed by atoms with Crippen LogP contribution in [0.5, 0.6) is 0 Å². The Morgan fingerprint density at radius 2 is 2.10 bits per heavy atom. The minimum atomic E-state index is -0.381. The van der Waals surface area contributed by atoms with E-state index < -0.39 is 0 Å². The van der Waals surface area contributed by atoms with Crippen LogP contribution in [0.2, 0.25) is 0 Å². The number of hydrogen-bond acceptors (Lipinski definition) is 3. The minimum absolute atomic E-state index is 0.0297. The van der Waals surface area contributed by atoms with E-state index >= 15 is 0 Å². The summed E-state index contributed by atoms with van der Waals surface area (Å²) in [6, 6.07) is 4.38. The molecule has 1 aromatic rings. The molecule has 21 heavy (non-hydrogen) atoms. The molecule has 2 N–H and O–H groups in total. The van der Waals surface area contributed by atoms with Crippen molar-refractivity contribution in [3.8, 4) is 0 Å². The van der Waals surface area contributed by atoms with Crippen molar-refractivity contribution in [2.75, 3.05) is 33.4 Å². The van der Waals surface area contributed by atoms with Gasteiger partial charge in [-0.3, -0.25) is 4.79 Å². The first kappa shape index (κ1) is 15.9. The summed E-state index contributed by atoms with van der Waals surface area (Å²) in [6.45, 7) is 4.81. The molecule has 0 spiro atoms. The van der Waals surface area contributed by atoms with Crippen molar-refractivity contribution in [2.24, 2.45) is 5.41 Å². The van der Waals surface area contributed by atoms with Gasteiger partial charge in [-0.1, -0.05) is 0 Å². The van der Waals surface area contributed by atoms with Crippen molar-refractivity contribution < 1.29 is 13.9 Å². The van der Waals surface area contributed by atoms with E-state index in [1.54, 1.807) is 20.1 Å². The van der Waals surface area contributed by atoms with Gasteiger partial charge in [0.2, 0.25) is 0 Å². The Morgan fingerprint density at radius 1 is 1.38 bits per heavy atom. The third-order valence-electron chi connectivity index (χ3n) is 4.04. The number of methoxy groups -OCH3 is 1. The van der Waals surface area contributed by atoms with Gasteiger partial charge in [0, 0.05) is 24.6 Å². The lowest BCUT2D eigenvalue weighted by Crippen LogP contribution is -2.47. The van der Waals surface area contributed by atoms with Crippen molar-refractivity contribution >= 4 is 5.91 Å². The normalized spacial score (nSPS) is 17.5. The molecule has 2 rings (SSSR count). The fourth-order valence-electron chi connectivity index (χ4n) is 2.87. The summed E-state index contributed by atoms with van der Waals surface area (Å²) in [5, 5.41) is 6.25. The summed E-state index contributed by atoms with van der Waals surface area (Å²) in [5.41, 5.74) is 1.08. The summed E-state index contributed by atoms with van der Waals surface area (Å²) >= 11 is 0. The number of halogens is 1. The van der Waals surface area contributed by atoms with Gasteiger partial charge in [-0.05, 0) is 56.6 Å². The predicted molar refractivity (Wildman–Crippen MR) is 79.9 cm³/mol. The number of benzene rings is 1. The van der Waals surface area contributed by atoms with Crippen molar-refractivity contribution in [1.82, 2.24) is 10.6 Å². The highest BCUT2D eigenvalue weighted by atomic mass is 19.1. The first-order valence-electron chi connectivity index (χ1n) is 7.30. The number of piperidine rings is 1. The topological polar surface area (TPSA) is 50.4 Å². The first-order chi connectivity index (χ1) is 10.0. The maximum atomic E-state index is 13.4. The number of aryl methyl sites for hydroxylation is 1. The summed E-state index contributed by atoms with van der Waals surface area (Å²) in [7, 11) is 1.68. The van der Waals surface area contributed by atoms with E-state index in [-0.39, 0.29) is 17.1 Å². The van der Waals surface area contributed by atoms with E-state index in [1.165, 1.54) is 12.1 Å². The van der Waals surface area contributed by atoms with Gasteiger partial charge in [-0.15, -0.1) is 0 Å². The van der Waals surface area contributed by atoms with E-state index in [2.05, 4.69) is 10.6 Å². The van der Waals surface area contributed by atoms with Crippen LogP contribution in [-0.4, -0.2) is 39.3 Å². The summed E-state index contributed by atoms with van der Waals surface area (Å²) in [5.74, 6) is -0.611. The van der Waals surface area contributed by atoms with Crippen LogP contribution in [0.1, 0.15) is 28.8 Å². The molecule has 5 heteroatoms. The third kappa shape index (κ3) is 4.25. The molecule has 116 valence electrons. The first-order valence-corrected chi connectivity index (χ1v) is 7.30. The Labute approximate surface area is 125 Å². The molecular formula is C16H23FN2O2. The van der Waals surface area contributed by atoms with Gasteiger partial charge in [-0.2, -0.15) is 0 Å². The fraction of sp³-hybridized carbons (Fsp3) is 0.562. The van der Waals surface area contributed by atoms with Crippen LogP contribution in [0.4, 0.5) is 4.39 Å². The molecule has 1 saturated heterocycles. The van der Waals surface area contributed by atoms with Crippen molar-refractivity contribution in [3.63, 3.8) is 0 Å². The lowest BCUT2D eigenvalue weighted by atomic mass is 9.79. The second kappa shape index (κ2) is 7.00. The fourth-order valence-corrected chi connectivity index (χ4v) is 2.87. The van der Waals surface area contributed by atoms with E-state index in [0.717, 1.165) is 31.5 Å². The molecule has 0 atom stereocenters. The van der Waals surface area contributed by atoms with Gasteiger partial charge in [-0.25, -0.2) is 4.39 Å². The summed E-state index contributed by atoms with van der Waals surface area (Å²) < 4.78 is 18.7. The van der Waals surface area contributed by atoms with E-state index in [1.807, 2.05) is 0 Å². The average molecular weight is 294 g/mol. The molecule has 0 bridgehead atoms. The molecular weight excluding hydrogens is 271 g/mol. The van der Waals surface area contributed by atoms with Crippen LogP contribution in [0.15, 0.2) is 18.2 Å². The molecule has 1 amide bonds. The lowest BCUT2D eigenvalue weighted by Gasteiger charge is -2.37. The molecule has 4 nitrogen and oxygen atoms in total. The highest BCUT2D eigenvalue weighted by Gasteiger charge is 2.32. The number of amides is 1. The highest BCUT2D eigenvalue weighted by molar-refractivity contribution is 5.94. The zero-order valence-electron chi connectivity index (χ0n) is 12.7. The zero-order chi connectivity index (χ0) is 15.3. The largest absolute Gasteiger partial charge is 0.384 e. The van der Waals surface area contributed by atoms with Crippen LogP contribution < -0.4 is 10.6 Å². The lowest BCUT2D eigenvalue weighted by molar-refractivity contribution is 0.0511. The maximum Gasteiger partial charge on any atom is 0.251 e. The van der Waals surface area contributed by atoms with E-state index in [4.69, 9.17) is 4.74 Å². The second-order valence-corrected chi connectivity index (χ2v) is 5.88. The minimum Gasteiger partial charge on any atom is -0.384 e. The number of carbonyl (C=O) groups is 1. The molecule has 1 aliphatic heterocycles. The number of carbonyl (C=O) groups excluding carboxylic acids is 1. The number of hydrogen-bond donors (Lipinski definition) is 2. The number of nitrogens with one attached hydrogen (secondary N) is 2. The molecule has 1 heterocycles. The number of rotatable bonds is 5. The monoisotopic (exact) mass is 294 g/mol. The van der Waals surface area contributed by atoms with Crippen LogP contribution in [0, 0.1) is 18.2 Å². The van der Waals surface area contributed by atoms with Gasteiger partial charge in [0.05, 0.1) is 6.61 Å². The van der Waals surface area contributed by atoms with Gasteiger partial charge < -0.3 is 15.4 Å². The number of ether oxygens (including phenoxy) is 1. The van der Waals surface area contributed by atoms with E-state index in [9.17, 15) is 9.18 Å². The smallest absolute Gasteiger partial charge is 0.251 e. The molecule has 0 aromatic heterocycles. The maximum absolute atomic E-state index is 13.4. The van der Waals surface area contributed by atoms with Crippen LogP contribution in [-0.2, 0) is 4.74 Å². The summed E-state index contributed by atoms with van der Waals surface area (Å²) in [4.78, 5) is 12.2. The Hall–Kier alpha value is -1.46. The quantitative estimate of drug-likeness (QED) is 0.872. The third-order valence-corrected chi connectivity index (χ3v) is 4.04. The Morgan fingerprint density at radius 3 is 2.71 bits per heavy atom. The van der Waals surface area contributed by atoms with Crippen LogP contribution in [0.25, 0.3) is 0 Å². The molecule has 0 saturated carbocycles. The van der Waals surface area contributed by atoms with Crippen molar-refractivity contribution in [1.29, 1.82) is 0 Å². The second-order valence-electron chi connectivity index (χ2n) is 5.88. The van der Waals surface area contributed by atoms with Gasteiger partial charge in [0.15, 0.2) is 0 Å². The molecule has 1 fully saturated rings. The van der Waals surface area contributed by atoms with Crippen LogP contribution >= 0.6 is 0 Å². The molecule has 0 radical (unpaired) electrons. The van der Waals surface area contributed by atoms with Crippen LogP contribution in [0.3, 0.4) is 0 Å². The molecule has 1 aliphatic rings. The standard InChI is InChI=1S/C16H23FN2O2/c1-12-7-13(9-14(17)8-12)15(20)19-10-16(11-21-2)3-5-18-6-4-16/h7-9,18H,3-6,10-11H2,1-2H3,(H,19,20). The van der Waals surface area contributed by atoms with E-state index in [0.29, 0.717) is 18.7 Å².